The Hall–Kier alpha value is -3.78. The minimum absolute atomic E-state index is 0.0269. The number of hydrogen-bond donors (Lipinski definition) is 1. The van der Waals surface area contributed by atoms with Gasteiger partial charge in [0.15, 0.2) is 5.69 Å². The summed E-state index contributed by atoms with van der Waals surface area (Å²) in [7, 11) is 2.38. The number of ether oxygens (including phenoxy) is 2. The number of nitriles is 2. The molecule has 0 saturated carbocycles. The highest BCUT2D eigenvalue weighted by molar-refractivity contribution is 5.96. The number of nitrogen functional groups attached to an aromatic ring is 1. The maximum Gasteiger partial charge on any atom is 0.357 e. The zero-order valence-electron chi connectivity index (χ0n) is 12.9. The summed E-state index contributed by atoms with van der Waals surface area (Å²) in [6.07, 6.45) is 1.35. The van der Waals surface area contributed by atoms with E-state index in [0.717, 1.165) is 0 Å². The first-order valence-electron chi connectivity index (χ1n) is 6.60. The standard InChI is InChI=1S/C16H12N4O4/c1-23-15(21)12-5-11(4-3-9(12)6-17)20-8-10(7-18)13(19)14(20)16(22)24-2/h3-5,8H,19H2,1-2H3. The van der Waals surface area contributed by atoms with Crippen LogP contribution in [0, 0.1) is 22.7 Å². The number of nitrogens with zero attached hydrogens (tertiary/aromatic N) is 3. The number of methoxy groups -OCH3 is 2. The molecule has 0 aliphatic carbocycles. The van der Waals surface area contributed by atoms with E-state index in [1.165, 1.54) is 43.2 Å². The normalized spacial score (nSPS) is 9.67. The summed E-state index contributed by atoms with van der Waals surface area (Å²) in [5.74, 6) is -1.44. The zero-order valence-corrected chi connectivity index (χ0v) is 12.9. The Balaban J connectivity index is 2.74. The number of hydrogen-bond acceptors (Lipinski definition) is 7. The molecule has 0 saturated heterocycles. The number of nitrogens with two attached hydrogens (primary N) is 1. The third-order valence-electron chi connectivity index (χ3n) is 3.35. The Bertz CT molecular complexity index is 915. The highest BCUT2D eigenvalue weighted by Gasteiger charge is 2.23. The van der Waals surface area contributed by atoms with Crippen molar-refractivity contribution < 1.29 is 19.1 Å². The summed E-state index contributed by atoms with van der Waals surface area (Å²) in [4.78, 5) is 23.8. The van der Waals surface area contributed by atoms with Gasteiger partial charge in [-0.25, -0.2) is 9.59 Å². The van der Waals surface area contributed by atoms with E-state index in [-0.39, 0.29) is 28.1 Å². The van der Waals surface area contributed by atoms with Gasteiger partial charge in [-0.3, -0.25) is 0 Å². The van der Waals surface area contributed by atoms with Crippen LogP contribution >= 0.6 is 0 Å². The maximum atomic E-state index is 12.0. The van der Waals surface area contributed by atoms with Gasteiger partial charge >= 0.3 is 11.9 Å². The van der Waals surface area contributed by atoms with Crippen molar-refractivity contribution in [2.75, 3.05) is 20.0 Å². The van der Waals surface area contributed by atoms with Crippen LogP contribution in [-0.4, -0.2) is 30.7 Å². The largest absolute Gasteiger partial charge is 0.465 e. The van der Waals surface area contributed by atoms with E-state index in [9.17, 15) is 9.59 Å². The van der Waals surface area contributed by atoms with E-state index in [4.69, 9.17) is 16.3 Å². The van der Waals surface area contributed by atoms with Crippen LogP contribution < -0.4 is 5.73 Å². The quantitative estimate of drug-likeness (QED) is 0.843. The molecule has 0 fully saturated rings. The van der Waals surface area contributed by atoms with Crippen LogP contribution in [0.1, 0.15) is 32.0 Å². The number of aromatic nitrogens is 1. The third kappa shape index (κ3) is 2.64. The van der Waals surface area contributed by atoms with Crippen LogP contribution in [-0.2, 0) is 9.47 Å². The first-order valence-corrected chi connectivity index (χ1v) is 6.60. The lowest BCUT2D eigenvalue weighted by molar-refractivity contribution is 0.0588. The number of rotatable bonds is 3. The molecule has 120 valence electrons. The summed E-state index contributed by atoms with van der Waals surface area (Å²) < 4.78 is 10.7. The van der Waals surface area contributed by atoms with E-state index >= 15 is 0 Å². The van der Waals surface area contributed by atoms with Gasteiger partial charge in [-0.15, -0.1) is 0 Å². The van der Waals surface area contributed by atoms with Crippen molar-refractivity contribution in [3.8, 4) is 17.8 Å². The fourth-order valence-electron chi connectivity index (χ4n) is 2.18. The van der Waals surface area contributed by atoms with Gasteiger partial charge in [0.25, 0.3) is 0 Å². The number of carbonyl (C=O) groups excluding carboxylic acids is 2. The molecular formula is C16H12N4O4. The number of benzene rings is 1. The predicted octanol–water partition coefficient (Wildman–Crippen LogP) is 1.38. The molecule has 2 aromatic rings. The fraction of sp³-hybridized carbons (Fsp3) is 0.125. The number of carbonyl (C=O) groups is 2. The molecule has 0 aliphatic heterocycles. The molecule has 2 rings (SSSR count). The molecule has 0 radical (unpaired) electrons. The van der Waals surface area contributed by atoms with Crippen molar-refractivity contribution >= 4 is 17.6 Å². The van der Waals surface area contributed by atoms with Crippen LogP contribution in [0.3, 0.4) is 0 Å². The van der Waals surface area contributed by atoms with Crippen molar-refractivity contribution in [3.05, 3.63) is 46.8 Å². The van der Waals surface area contributed by atoms with Gasteiger partial charge in [0.05, 0.1) is 36.6 Å². The van der Waals surface area contributed by atoms with Crippen molar-refractivity contribution in [2.24, 2.45) is 0 Å². The monoisotopic (exact) mass is 324 g/mol. The molecule has 1 aromatic carbocycles. The Morgan fingerprint density at radius 1 is 1.08 bits per heavy atom. The van der Waals surface area contributed by atoms with Crippen molar-refractivity contribution in [2.45, 2.75) is 0 Å². The van der Waals surface area contributed by atoms with E-state index in [1.807, 2.05) is 12.1 Å². The second-order valence-electron chi connectivity index (χ2n) is 4.61. The summed E-state index contributed by atoms with van der Waals surface area (Å²) in [6.45, 7) is 0. The van der Waals surface area contributed by atoms with E-state index in [0.29, 0.717) is 5.69 Å². The highest BCUT2D eigenvalue weighted by atomic mass is 16.5. The van der Waals surface area contributed by atoms with Gasteiger partial charge in [0, 0.05) is 11.9 Å². The van der Waals surface area contributed by atoms with Crippen LogP contribution in [0.5, 0.6) is 0 Å². The minimum Gasteiger partial charge on any atom is -0.465 e. The minimum atomic E-state index is -0.738. The fourth-order valence-corrected chi connectivity index (χ4v) is 2.18. The topological polar surface area (TPSA) is 131 Å². The second kappa shape index (κ2) is 6.55. The van der Waals surface area contributed by atoms with Crippen LogP contribution in [0.2, 0.25) is 0 Å². The molecule has 0 atom stereocenters. The molecular weight excluding hydrogens is 312 g/mol. The SMILES string of the molecule is COC(=O)c1cc(-n2cc(C#N)c(N)c2C(=O)OC)ccc1C#N. The van der Waals surface area contributed by atoms with Gasteiger partial charge in [-0.1, -0.05) is 0 Å². The van der Waals surface area contributed by atoms with E-state index in [2.05, 4.69) is 9.47 Å². The lowest BCUT2D eigenvalue weighted by Crippen LogP contribution is -2.12. The van der Waals surface area contributed by atoms with Crippen LogP contribution in [0.4, 0.5) is 5.69 Å². The Morgan fingerprint density at radius 2 is 1.71 bits per heavy atom. The van der Waals surface area contributed by atoms with E-state index < -0.39 is 11.9 Å². The number of anilines is 1. The first-order chi connectivity index (χ1) is 11.5. The van der Waals surface area contributed by atoms with Gasteiger partial charge < -0.3 is 19.8 Å². The van der Waals surface area contributed by atoms with E-state index in [1.54, 1.807) is 0 Å². The van der Waals surface area contributed by atoms with Gasteiger partial charge in [-0.05, 0) is 18.2 Å². The van der Waals surface area contributed by atoms with Crippen molar-refractivity contribution in [1.82, 2.24) is 4.57 Å². The molecule has 1 aromatic heterocycles. The molecule has 2 N–H and O–H groups in total. The van der Waals surface area contributed by atoms with Crippen molar-refractivity contribution in [1.29, 1.82) is 10.5 Å². The number of esters is 2. The van der Waals surface area contributed by atoms with Crippen LogP contribution in [0.25, 0.3) is 5.69 Å². The molecule has 8 heteroatoms. The summed E-state index contributed by atoms with van der Waals surface area (Å²) in [5.41, 5.74) is 6.32. The third-order valence-corrected chi connectivity index (χ3v) is 3.35. The summed E-state index contributed by atoms with van der Waals surface area (Å²) in [5, 5.41) is 18.2. The maximum absolute atomic E-state index is 12.0. The lowest BCUT2D eigenvalue weighted by Gasteiger charge is -2.10. The first kappa shape index (κ1) is 16.6. The average Bonchev–Trinajstić information content (AvgIpc) is 2.96. The second-order valence-corrected chi connectivity index (χ2v) is 4.61. The van der Waals surface area contributed by atoms with Gasteiger partial charge in [-0.2, -0.15) is 10.5 Å². The van der Waals surface area contributed by atoms with Gasteiger partial charge in [0.2, 0.25) is 0 Å². The molecule has 0 unspecified atom stereocenters. The van der Waals surface area contributed by atoms with Gasteiger partial charge in [0.1, 0.15) is 12.1 Å². The summed E-state index contributed by atoms with van der Waals surface area (Å²) in [6, 6.07) is 8.06. The molecule has 8 nitrogen and oxygen atoms in total. The molecule has 24 heavy (non-hydrogen) atoms. The Morgan fingerprint density at radius 3 is 2.25 bits per heavy atom. The average molecular weight is 324 g/mol. The molecule has 0 bridgehead atoms. The Labute approximate surface area is 137 Å². The molecule has 0 amide bonds. The highest BCUT2D eigenvalue weighted by Crippen LogP contribution is 2.26. The lowest BCUT2D eigenvalue weighted by atomic mass is 10.1. The van der Waals surface area contributed by atoms with Crippen LogP contribution in [0.15, 0.2) is 24.4 Å². The smallest absolute Gasteiger partial charge is 0.357 e. The summed E-state index contributed by atoms with van der Waals surface area (Å²) >= 11 is 0. The van der Waals surface area contributed by atoms with Crippen molar-refractivity contribution in [3.63, 3.8) is 0 Å². The molecule has 0 aliphatic rings. The predicted molar refractivity (Wildman–Crippen MR) is 82.3 cm³/mol. The molecule has 1 heterocycles. The molecule has 0 spiro atoms. The Kier molecular flexibility index (Phi) is 4.52. The zero-order chi connectivity index (χ0) is 17.9.